The molecular weight excluding hydrogens is 413 g/mol. The summed E-state index contributed by atoms with van der Waals surface area (Å²) < 4.78 is 16.4. The molecule has 0 bridgehead atoms. The molecule has 9 nitrogen and oxygen atoms in total. The summed E-state index contributed by atoms with van der Waals surface area (Å²) in [5, 5.41) is 22.8. The maximum atomic E-state index is 14.5. The molecule has 1 aliphatic rings. The van der Waals surface area contributed by atoms with Crippen molar-refractivity contribution in [2.75, 3.05) is 11.5 Å². The fourth-order valence-electron chi connectivity index (χ4n) is 4.85. The number of benzene rings is 1. The number of aromatic nitrogens is 5. The van der Waals surface area contributed by atoms with Gasteiger partial charge in [-0.05, 0) is 48.4 Å². The Morgan fingerprint density at radius 2 is 2.00 bits per heavy atom. The van der Waals surface area contributed by atoms with E-state index in [-0.39, 0.29) is 12.0 Å². The van der Waals surface area contributed by atoms with Crippen LogP contribution in [-0.4, -0.2) is 46.9 Å². The third-order valence-corrected chi connectivity index (χ3v) is 6.72. The summed E-state index contributed by atoms with van der Waals surface area (Å²) in [6.07, 6.45) is 4.21. The molecule has 0 spiro atoms. The Balaban J connectivity index is 1.40. The van der Waals surface area contributed by atoms with Crippen LogP contribution in [0.4, 0.5) is 16.2 Å². The summed E-state index contributed by atoms with van der Waals surface area (Å²) in [5.41, 5.74) is 12.8. The number of aliphatic hydroxyl groups is 2. The first-order chi connectivity index (χ1) is 15.3. The fourth-order valence-corrected chi connectivity index (χ4v) is 4.85. The highest BCUT2D eigenvalue weighted by Crippen LogP contribution is 2.48. The van der Waals surface area contributed by atoms with Crippen LogP contribution in [0.25, 0.3) is 21.9 Å². The SMILES string of the molecule is C[C@]1(CCc2cc(F)c3cnc(N)nc3c2)C[C@@H](n2ccc3c(N)ncnc32)[C@H](O)[C@@H]1O. The molecule has 4 atom stereocenters. The number of aliphatic hydroxyl groups excluding tert-OH is 2. The highest BCUT2D eigenvalue weighted by Gasteiger charge is 2.50. The second-order valence-electron chi connectivity index (χ2n) is 8.82. The zero-order valence-electron chi connectivity index (χ0n) is 17.5. The number of nitrogens with zero attached hydrogens (tertiary/aromatic N) is 5. The van der Waals surface area contributed by atoms with E-state index in [4.69, 9.17) is 11.5 Å². The third-order valence-electron chi connectivity index (χ3n) is 6.72. The second-order valence-corrected chi connectivity index (χ2v) is 8.82. The van der Waals surface area contributed by atoms with Crippen LogP contribution in [0.5, 0.6) is 0 Å². The number of hydrogen-bond acceptors (Lipinski definition) is 8. The Labute approximate surface area is 182 Å². The second kappa shape index (κ2) is 7.35. The van der Waals surface area contributed by atoms with Gasteiger partial charge >= 0.3 is 0 Å². The molecule has 0 amide bonds. The van der Waals surface area contributed by atoms with E-state index in [2.05, 4.69) is 19.9 Å². The van der Waals surface area contributed by atoms with E-state index in [1.54, 1.807) is 6.07 Å². The number of rotatable bonds is 4. The normalized spacial score (nSPS) is 25.7. The Bertz CT molecular complexity index is 1330. The monoisotopic (exact) mass is 437 g/mol. The van der Waals surface area contributed by atoms with Crippen LogP contribution in [0.15, 0.2) is 36.9 Å². The van der Waals surface area contributed by atoms with E-state index in [9.17, 15) is 14.6 Å². The summed E-state index contributed by atoms with van der Waals surface area (Å²) in [6, 6.07) is 4.68. The van der Waals surface area contributed by atoms with Crippen molar-refractivity contribution in [3.63, 3.8) is 0 Å². The molecule has 1 fully saturated rings. The summed E-state index contributed by atoms with van der Waals surface area (Å²) in [4.78, 5) is 16.3. The van der Waals surface area contributed by atoms with Crippen LogP contribution in [0, 0.1) is 11.2 Å². The van der Waals surface area contributed by atoms with E-state index >= 15 is 0 Å². The van der Waals surface area contributed by atoms with Gasteiger partial charge in [-0.3, -0.25) is 0 Å². The van der Waals surface area contributed by atoms with Crippen molar-refractivity contribution in [2.24, 2.45) is 5.41 Å². The number of nitrogen functional groups attached to an aromatic ring is 2. The van der Waals surface area contributed by atoms with E-state index in [0.717, 1.165) is 5.56 Å². The van der Waals surface area contributed by atoms with Crippen LogP contribution >= 0.6 is 0 Å². The quantitative estimate of drug-likeness (QED) is 0.379. The molecule has 5 rings (SSSR count). The van der Waals surface area contributed by atoms with Gasteiger partial charge in [-0.1, -0.05) is 6.92 Å². The minimum Gasteiger partial charge on any atom is -0.390 e. The smallest absolute Gasteiger partial charge is 0.220 e. The lowest BCUT2D eigenvalue weighted by Gasteiger charge is -2.28. The number of halogens is 1. The lowest BCUT2D eigenvalue weighted by Crippen LogP contribution is -2.35. The van der Waals surface area contributed by atoms with Gasteiger partial charge in [-0.25, -0.2) is 24.3 Å². The first-order valence-electron chi connectivity index (χ1n) is 10.4. The van der Waals surface area contributed by atoms with E-state index in [1.165, 1.54) is 18.6 Å². The van der Waals surface area contributed by atoms with E-state index < -0.39 is 23.4 Å². The maximum Gasteiger partial charge on any atom is 0.220 e. The minimum atomic E-state index is -0.979. The number of aryl methyl sites for hydroxylation is 1. The first-order valence-corrected chi connectivity index (χ1v) is 10.4. The lowest BCUT2D eigenvalue weighted by atomic mass is 9.80. The van der Waals surface area contributed by atoms with Gasteiger partial charge in [0.2, 0.25) is 5.95 Å². The van der Waals surface area contributed by atoms with E-state index in [0.29, 0.717) is 47.0 Å². The zero-order chi connectivity index (χ0) is 22.6. The predicted molar refractivity (Wildman–Crippen MR) is 118 cm³/mol. The fraction of sp³-hybridized carbons (Fsp3) is 0.364. The molecule has 0 radical (unpaired) electrons. The van der Waals surface area contributed by atoms with Crippen LogP contribution in [-0.2, 0) is 6.42 Å². The Morgan fingerprint density at radius 3 is 2.81 bits per heavy atom. The largest absolute Gasteiger partial charge is 0.390 e. The van der Waals surface area contributed by atoms with Crippen molar-refractivity contribution < 1.29 is 14.6 Å². The average Bonchev–Trinajstić information content (AvgIpc) is 3.28. The van der Waals surface area contributed by atoms with Crippen molar-refractivity contribution >= 4 is 33.7 Å². The van der Waals surface area contributed by atoms with Gasteiger partial charge in [0.25, 0.3) is 0 Å². The minimum absolute atomic E-state index is 0.0848. The molecule has 32 heavy (non-hydrogen) atoms. The van der Waals surface area contributed by atoms with Crippen LogP contribution in [0.2, 0.25) is 0 Å². The van der Waals surface area contributed by atoms with Crippen molar-refractivity contribution in [3.05, 3.63) is 48.3 Å². The van der Waals surface area contributed by atoms with Crippen molar-refractivity contribution in [3.8, 4) is 0 Å². The van der Waals surface area contributed by atoms with Crippen LogP contribution in [0.3, 0.4) is 0 Å². The van der Waals surface area contributed by atoms with Gasteiger partial charge in [-0.15, -0.1) is 0 Å². The molecule has 0 saturated heterocycles. The van der Waals surface area contributed by atoms with E-state index in [1.807, 2.05) is 23.8 Å². The van der Waals surface area contributed by atoms with Gasteiger partial charge in [0.05, 0.1) is 28.4 Å². The number of nitrogens with two attached hydrogens (primary N) is 2. The Kier molecular flexibility index (Phi) is 4.72. The lowest BCUT2D eigenvalue weighted by molar-refractivity contribution is -0.0241. The Hall–Kier alpha value is -3.37. The van der Waals surface area contributed by atoms with Gasteiger partial charge in [0, 0.05) is 12.4 Å². The van der Waals surface area contributed by atoms with Gasteiger partial charge in [-0.2, -0.15) is 0 Å². The molecular formula is C22H24FN7O2. The molecule has 3 heterocycles. The molecule has 0 unspecified atom stereocenters. The van der Waals surface area contributed by atoms with Crippen molar-refractivity contribution in [1.29, 1.82) is 0 Å². The summed E-state index contributed by atoms with van der Waals surface area (Å²) in [6.45, 7) is 1.94. The highest BCUT2D eigenvalue weighted by molar-refractivity contribution is 5.86. The molecule has 6 N–H and O–H groups in total. The van der Waals surface area contributed by atoms with Crippen LogP contribution < -0.4 is 11.5 Å². The van der Waals surface area contributed by atoms with Crippen molar-refractivity contribution in [1.82, 2.24) is 24.5 Å². The predicted octanol–water partition coefficient (Wildman–Crippen LogP) is 1.98. The third kappa shape index (κ3) is 3.23. The van der Waals surface area contributed by atoms with Gasteiger partial charge in [0.1, 0.15) is 29.7 Å². The zero-order valence-corrected chi connectivity index (χ0v) is 17.5. The molecule has 0 aliphatic heterocycles. The molecule has 4 aromatic rings. The molecule has 1 aliphatic carbocycles. The number of hydrogen-bond donors (Lipinski definition) is 4. The summed E-state index contributed by atoms with van der Waals surface area (Å²) in [5.74, 6) is 0.0394. The average molecular weight is 437 g/mol. The summed E-state index contributed by atoms with van der Waals surface area (Å²) >= 11 is 0. The number of fused-ring (bicyclic) bond motifs is 2. The topological polar surface area (TPSA) is 149 Å². The highest BCUT2D eigenvalue weighted by atomic mass is 19.1. The molecule has 1 saturated carbocycles. The maximum absolute atomic E-state index is 14.5. The number of anilines is 2. The molecule has 10 heteroatoms. The molecule has 166 valence electrons. The van der Waals surface area contributed by atoms with Crippen molar-refractivity contribution in [2.45, 2.75) is 44.4 Å². The first kappa shape index (κ1) is 20.5. The standard InChI is InChI=1S/C22H24FN7O2/c1-22(4-2-11-6-14(23)13-9-26-21(25)29-15(13)7-11)8-16(17(31)18(22)32)30-5-3-12-19(24)27-10-28-20(12)30/h3,5-7,9-10,16-18,31-32H,2,4,8H2,1H3,(H2,24,27,28)(H2,25,26,29)/t16-,17+,18+,22+/m1/s1. The van der Waals surface area contributed by atoms with Crippen LogP contribution in [0.1, 0.15) is 31.4 Å². The Morgan fingerprint density at radius 1 is 1.19 bits per heavy atom. The van der Waals surface area contributed by atoms with Gasteiger partial charge in [0.15, 0.2) is 0 Å². The molecule has 3 aromatic heterocycles. The molecule has 1 aromatic carbocycles. The van der Waals surface area contributed by atoms with Gasteiger partial charge < -0.3 is 26.2 Å². The summed E-state index contributed by atoms with van der Waals surface area (Å²) in [7, 11) is 0.